The minimum atomic E-state index is -0.0704. The lowest BCUT2D eigenvalue weighted by Crippen LogP contribution is -2.17. The second kappa shape index (κ2) is 6.71. The average Bonchev–Trinajstić information content (AvgIpc) is 2.94. The highest BCUT2D eigenvalue weighted by atomic mass is 35.5. The molecular formula is C17H17ClN4O. The number of fused-ring (bicyclic) bond motifs is 1. The van der Waals surface area contributed by atoms with E-state index in [-0.39, 0.29) is 5.91 Å². The van der Waals surface area contributed by atoms with Crippen molar-refractivity contribution in [1.29, 1.82) is 0 Å². The van der Waals surface area contributed by atoms with Crippen LogP contribution in [0.2, 0.25) is 5.02 Å². The molecule has 0 bridgehead atoms. The normalized spacial score (nSPS) is 10.7. The lowest BCUT2D eigenvalue weighted by Gasteiger charge is -2.09. The number of rotatable bonds is 5. The van der Waals surface area contributed by atoms with Gasteiger partial charge in [0.2, 0.25) is 11.9 Å². The average molecular weight is 329 g/mol. The minimum Gasteiger partial charge on any atom is -0.355 e. The van der Waals surface area contributed by atoms with Gasteiger partial charge < -0.3 is 15.6 Å². The Balaban J connectivity index is 1.54. The van der Waals surface area contributed by atoms with Crippen LogP contribution in [0.15, 0.2) is 42.5 Å². The Hall–Kier alpha value is -2.53. The van der Waals surface area contributed by atoms with Crippen molar-refractivity contribution in [2.24, 2.45) is 0 Å². The summed E-state index contributed by atoms with van der Waals surface area (Å²) in [5, 5.41) is 6.63. The van der Waals surface area contributed by atoms with Crippen LogP contribution in [-0.2, 0) is 4.79 Å². The number of nitrogens with zero attached hydrogens (tertiary/aromatic N) is 1. The topological polar surface area (TPSA) is 69.8 Å². The third kappa shape index (κ3) is 3.63. The van der Waals surface area contributed by atoms with Crippen molar-refractivity contribution in [3.8, 4) is 0 Å². The van der Waals surface area contributed by atoms with Gasteiger partial charge in [0.15, 0.2) is 0 Å². The molecule has 23 heavy (non-hydrogen) atoms. The fourth-order valence-electron chi connectivity index (χ4n) is 2.29. The zero-order valence-electron chi connectivity index (χ0n) is 12.7. The van der Waals surface area contributed by atoms with Crippen LogP contribution in [0.3, 0.4) is 0 Å². The van der Waals surface area contributed by atoms with E-state index >= 15 is 0 Å². The molecule has 1 heterocycles. The van der Waals surface area contributed by atoms with E-state index in [0.717, 1.165) is 22.3 Å². The van der Waals surface area contributed by atoms with Gasteiger partial charge in [-0.1, -0.05) is 29.8 Å². The molecule has 118 valence electrons. The molecule has 1 aromatic heterocycles. The SMILES string of the molecule is Cc1c(Cl)cccc1NC(=O)CCNc1nc2ccccc2[nH]1. The number of benzene rings is 2. The van der Waals surface area contributed by atoms with Crippen LogP contribution in [0.1, 0.15) is 12.0 Å². The zero-order chi connectivity index (χ0) is 16.2. The van der Waals surface area contributed by atoms with Crippen molar-refractivity contribution in [3.05, 3.63) is 53.1 Å². The van der Waals surface area contributed by atoms with Crippen LogP contribution in [0.25, 0.3) is 11.0 Å². The highest BCUT2D eigenvalue weighted by Crippen LogP contribution is 2.23. The van der Waals surface area contributed by atoms with Crippen LogP contribution < -0.4 is 10.6 Å². The third-order valence-electron chi connectivity index (χ3n) is 3.58. The molecule has 0 aliphatic heterocycles. The van der Waals surface area contributed by atoms with E-state index in [1.165, 1.54) is 0 Å². The number of halogens is 1. The van der Waals surface area contributed by atoms with E-state index in [1.54, 1.807) is 6.07 Å². The molecular weight excluding hydrogens is 312 g/mol. The molecule has 2 aromatic carbocycles. The summed E-state index contributed by atoms with van der Waals surface area (Å²) in [6.45, 7) is 2.37. The molecule has 0 saturated carbocycles. The second-order valence-corrected chi connectivity index (χ2v) is 5.65. The number of H-pyrrole nitrogens is 1. The van der Waals surface area contributed by atoms with E-state index < -0.39 is 0 Å². The van der Waals surface area contributed by atoms with Gasteiger partial charge in [-0.05, 0) is 36.8 Å². The van der Waals surface area contributed by atoms with E-state index in [0.29, 0.717) is 23.9 Å². The first-order valence-corrected chi connectivity index (χ1v) is 7.75. The van der Waals surface area contributed by atoms with Gasteiger partial charge in [-0.25, -0.2) is 4.98 Å². The molecule has 0 fully saturated rings. The molecule has 3 N–H and O–H groups in total. The van der Waals surface area contributed by atoms with Gasteiger partial charge in [0.1, 0.15) is 0 Å². The van der Waals surface area contributed by atoms with Gasteiger partial charge in [-0.15, -0.1) is 0 Å². The molecule has 0 aliphatic carbocycles. The van der Waals surface area contributed by atoms with Crippen molar-refractivity contribution < 1.29 is 4.79 Å². The van der Waals surface area contributed by atoms with Crippen LogP contribution in [0.4, 0.5) is 11.6 Å². The van der Waals surface area contributed by atoms with Crippen LogP contribution in [0.5, 0.6) is 0 Å². The van der Waals surface area contributed by atoms with E-state index in [9.17, 15) is 4.79 Å². The quantitative estimate of drug-likeness (QED) is 0.664. The number of carbonyl (C=O) groups excluding carboxylic acids is 1. The van der Waals surface area contributed by atoms with E-state index in [4.69, 9.17) is 11.6 Å². The van der Waals surface area contributed by atoms with Crippen LogP contribution >= 0.6 is 11.6 Å². The predicted octanol–water partition coefficient (Wildman–Crippen LogP) is 3.97. The molecule has 6 heteroatoms. The van der Waals surface area contributed by atoms with Gasteiger partial charge in [0.05, 0.1) is 11.0 Å². The van der Waals surface area contributed by atoms with Gasteiger partial charge in [-0.3, -0.25) is 4.79 Å². The first-order chi connectivity index (χ1) is 11.1. The summed E-state index contributed by atoms with van der Waals surface area (Å²) in [5.41, 5.74) is 3.47. The summed E-state index contributed by atoms with van der Waals surface area (Å²) in [4.78, 5) is 19.6. The maximum absolute atomic E-state index is 12.0. The number of nitrogens with one attached hydrogen (secondary N) is 3. The molecule has 0 atom stereocenters. The molecule has 1 amide bonds. The van der Waals surface area contributed by atoms with Crippen LogP contribution in [0, 0.1) is 6.92 Å². The molecule has 3 rings (SSSR count). The molecule has 0 radical (unpaired) electrons. The number of hydrogen-bond donors (Lipinski definition) is 3. The first kappa shape index (κ1) is 15.4. The number of aromatic nitrogens is 2. The van der Waals surface area contributed by atoms with Crippen LogP contribution in [-0.4, -0.2) is 22.4 Å². The van der Waals surface area contributed by atoms with Gasteiger partial charge in [0, 0.05) is 23.7 Å². The Bertz CT molecular complexity index is 810. The Morgan fingerprint density at radius 2 is 2.04 bits per heavy atom. The zero-order valence-corrected chi connectivity index (χ0v) is 13.4. The largest absolute Gasteiger partial charge is 0.355 e. The summed E-state index contributed by atoms with van der Waals surface area (Å²) in [7, 11) is 0. The highest BCUT2D eigenvalue weighted by Gasteiger charge is 2.07. The maximum Gasteiger partial charge on any atom is 0.226 e. The molecule has 0 unspecified atom stereocenters. The summed E-state index contributed by atoms with van der Waals surface area (Å²) in [6, 6.07) is 13.2. The predicted molar refractivity (Wildman–Crippen MR) is 94.0 cm³/mol. The smallest absolute Gasteiger partial charge is 0.226 e. The number of aromatic amines is 1. The number of hydrogen-bond acceptors (Lipinski definition) is 3. The maximum atomic E-state index is 12.0. The number of anilines is 2. The summed E-state index contributed by atoms with van der Waals surface area (Å²) in [6.07, 6.45) is 0.336. The fraction of sp³-hybridized carbons (Fsp3) is 0.176. The summed E-state index contributed by atoms with van der Waals surface area (Å²) < 4.78 is 0. The lowest BCUT2D eigenvalue weighted by atomic mass is 10.2. The Morgan fingerprint density at radius 3 is 2.87 bits per heavy atom. The monoisotopic (exact) mass is 328 g/mol. The summed E-state index contributed by atoms with van der Waals surface area (Å²) >= 11 is 6.04. The van der Waals surface area contributed by atoms with Gasteiger partial charge >= 0.3 is 0 Å². The lowest BCUT2D eigenvalue weighted by molar-refractivity contribution is -0.115. The molecule has 0 aliphatic rings. The number of imidazole rings is 1. The molecule has 0 saturated heterocycles. The Labute approximate surface area is 139 Å². The van der Waals surface area contributed by atoms with E-state index in [2.05, 4.69) is 20.6 Å². The van der Waals surface area contributed by atoms with Gasteiger partial charge in [0.25, 0.3) is 0 Å². The number of amides is 1. The number of para-hydroxylation sites is 2. The first-order valence-electron chi connectivity index (χ1n) is 7.37. The third-order valence-corrected chi connectivity index (χ3v) is 3.99. The number of carbonyl (C=O) groups is 1. The molecule has 3 aromatic rings. The van der Waals surface area contributed by atoms with Crippen molar-refractivity contribution in [2.75, 3.05) is 17.2 Å². The highest BCUT2D eigenvalue weighted by molar-refractivity contribution is 6.31. The standard InChI is InChI=1S/C17H17ClN4O/c1-11-12(18)5-4-8-13(11)20-16(23)9-10-19-17-21-14-6-2-3-7-15(14)22-17/h2-8H,9-10H2,1H3,(H,20,23)(H2,19,21,22). The molecule has 0 spiro atoms. The van der Waals surface area contributed by atoms with Crippen molar-refractivity contribution in [2.45, 2.75) is 13.3 Å². The Kier molecular flexibility index (Phi) is 4.48. The van der Waals surface area contributed by atoms with Crippen molar-refractivity contribution >= 4 is 40.2 Å². The minimum absolute atomic E-state index is 0.0704. The van der Waals surface area contributed by atoms with Crippen molar-refractivity contribution in [3.63, 3.8) is 0 Å². The van der Waals surface area contributed by atoms with Crippen molar-refractivity contribution in [1.82, 2.24) is 9.97 Å². The fourth-order valence-corrected chi connectivity index (χ4v) is 2.46. The summed E-state index contributed by atoms with van der Waals surface area (Å²) in [5.74, 6) is 0.594. The van der Waals surface area contributed by atoms with E-state index in [1.807, 2.05) is 43.3 Å². The molecule has 5 nitrogen and oxygen atoms in total. The van der Waals surface area contributed by atoms with Gasteiger partial charge in [-0.2, -0.15) is 0 Å². The Morgan fingerprint density at radius 1 is 1.22 bits per heavy atom. The second-order valence-electron chi connectivity index (χ2n) is 5.24.